The first-order valence-corrected chi connectivity index (χ1v) is 8.08. The molecule has 1 rings (SSSR count). The van der Waals surface area contributed by atoms with Crippen LogP contribution in [0.2, 0.25) is 0 Å². The summed E-state index contributed by atoms with van der Waals surface area (Å²) in [6, 6.07) is 0. The van der Waals surface area contributed by atoms with Crippen molar-refractivity contribution in [1.82, 2.24) is 5.32 Å². The zero-order valence-corrected chi connectivity index (χ0v) is 13.9. The Hall–Kier alpha value is -1.30. The van der Waals surface area contributed by atoms with Crippen molar-refractivity contribution >= 4 is 12.1 Å². The highest BCUT2D eigenvalue weighted by molar-refractivity contribution is 5.68. The third-order valence-electron chi connectivity index (χ3n) is 3.95. The second-order valence-electron chi connectivity index (χ2n) is 7.13. The van der Waals surface area contributed by atoms with Crippen LogP contribution in [0.3, 0.4) is 0 Å². The smallest absolute Gasteiger partial charge is 0.409 e. The van der Waals surface area contributed by atoms with Crippen LogP contribution in [0.25, 0.3) is 0 Å². The Morgan fingerprint density at radius 1 is 1.18 bits per heavy atom. The van der Waals surface area contributed by atoms with E-state index in [0.29, 0.717) is 6.42 Å². The molecule has 0 radical (unpaired) electrons. The molecule has 1 aliphatic carbocycles. The lowest BCUT2D eigenvalue weighted by atomic mass is 9.79. The standard InChI is InChI=1S/C16H29NO5/c1-15(2,3)22-14(20)17-16(21,11-7-10-13(18)19)12-8-5-4-6-9-12/h12,21H,4-11H2,1-3H3,(H,17,20)(H,18,19). The van der Waals surface area contributed by atoms with Crippen LogP contribution < -0.4 is 5.32 Å². The first-order chi connectivity index (χ1) is 10.1. The predicted octanol–water partition coefficient (Wildman–Crippen LogP) is 3.03. The summed E-state index contributed by atoms with van der Waals surface area (Å²) in [5.74, 6) is -0.953. The van der Waals surface area contributed by atoms with E-state index in [1.165, 1.54) is 0 Å². The van der Waals surface area contributed by atoms with E-state index in [1.807, 2.05) is 0 Å². The molecule has 0 spiro atoms. The van der Waals surface area contributed by atoms with Crippen molar-refractivity contribution in [1.29, 1.82) is 0 Å². The number of ether oxygens (including phenoxy) is 1. The molecule has 1 unspecified atom stereocenters. The minimum absolute atomic E-state index is 0.0228. The van der Waals surface area contributed by atoms with Crippen molar-refractivity contribution in [2.75, 3.05) is 0 Å². The Morgan fingerprint density at radius 2 is 1.77 bits per heavy atom. The fourth-order valence-electron chi connectivity index (χ4n) is 2.94. The molecule has 0 aliphatic heterocycles. The number of carboxylic acids is 1. The van der Waals surface area contributed by atoms with Gasteiger partial charge in [0.15, 0.2) is 0 Å². The quantitative estimate of drug-likeness (QED) is 0.655. The number of aliphatic carboxylic acids is 1. The maximum Gasteiger partial charge on any atom is 0.409 e. The van der Waals surface area contributed by atoms with Gasteiger partial charge in [-0.1, -0.05) is 19.3 Å². The predicted molar refractivity (Wildman–Crippen MR) is 82.4 cm³/mol. The second kappa shape index (κ2) is 7.81. The van der Waals surface area contributed by atoms with Crippen LogP contribution >= 0.6 is 0 Å². The number of aliphatic hydroxyl groups is 1. The molecule has 128 valence electrons. The highest BCUT2D eigenvalue weighted by atomic mass is 16.6. The number of carbonyl (C=O) groups is 2. The maximum absolute atomic E-state index is 12.0. The van der Waals surface area contributed by atoms with Crippen LogP contribution in [0.1, 0.15) is 72.1 Å². The largest absolute Gasteiger partial charge is 0.481 e. The highest BCUT2D eigenvalue weighted by Gasteiger charge is 2.39. The summed E-state index contributed by atoms with van der Waals surface area (Å²) in [6.45, 7) is 5.28. The van der Waals surface area contributed by atoms with E-state index in [2.05, 4.69) is 5.32 Å². The topological polar surface area (TPSA) is 95.9 Å². The van der Waals surface area contributed by atoms with Gasteiger partial charge in [0.1, 0.15) is 11.3 Å². The van der Waals surface area contributed by atoms with Crippen molar-refractivity contribution in [2.45, 2.75) is 83.5 Å². The molecule has 1 atom stereocenters. The number of alkyl carbamates (subject to hydrolysis) is 1. The Balaban J connectivity index is 2.71. The molecule has 1 aliphatic rings. The molecule has 1 fully saturated rings. The number of amides is 1. The molecular weight excluding hydrogens is 286 g/mol. The number of carboxylic acid groups (broad SMARTS) is 1. The third-order valence-corrected chi connectivity index (χ3v) is 3.95. The van der Waals surface area contributed by atoms with Crippen LogP contribution in [0, 0.1) is 5.92 Å². The fourth-order valence-corrected chi connectivity index (χ4v) is 2.94. The zero-order chi connectivity index (χ0) is 16.8. The van der Waals surface area contributed by atoms with Gasteiger partial charge in [-0.15, -0.1) is 0 Å². The number of rotatable bonds is 6. The normalized spacial score (nSPS) is 19.3. The van der Waals surface area contributed by atoms with Gasteiger partial charge < -0.3 is 14.9 Å². The van der Waals surface area contributed by atoms with Gasteiger partial charge in [-0.3, -0.25) is 10.1 Å². The van der Waals surface area contributed by atoms with Crippen LogP contribution in [-0.2, 0) is 9.53 Å². The van der Waals surface area contributed by atoms with Gasteiger partial charge >= 0.3 is 12.1 Å². The summed E-state index contributed by atoms with van der Waals surface area (Å²) < 4.78 is 5.23. The van der Waals surface area contributed by atoms with E-state index in [9.17, 15) is 14.7 Å². The lowest BCUT2D eigenvalue weighted by Crippen LogP contribution is -2.55. The minimum Gasteiger partial charge on any atom is -0.481 e. The molecule has 3 N–H and O–H groups in total. The molecule has 0 aromatic carbocycles. The van der Waals surface area contributed by atoms with Crippen molar-refractivity contribution in [3.63, 3.8) is 0 Å². The molecule has 6 heteroatoms. The summed E-state index contributed by atoms with van der Waals surface area (Å²) in [5, 5.41) is 22.3. The summed E-state index contributed by atoms with van der Waals surface area (Å²) in [5.41, 5.74) is -2.03. The lowest BCUT2D eigenvalue weighted by Gasteiger charge is -2.39. The summed E-state index contributed by atoms with van der Waals surface area (Å²) in [4.78, 5) is 22.7. The van der Waals surface area contributed by atoms with Gasteiger partial charge in [0.05, 0.1) is 0 Å². The number of hydrogen-bond donors (Lipinski definition) is 3. The van der Waals surface area contributed by atoms with Gasteiger partial charge in [-0.25, -0.2) is 4.79 Å². The van der Waals surface area contributed by atoms with Gasteiger partial charge in [0, 0.05) is 12.3 Å². The van der Waals surface area contributed by atoms with Crippen LogP contribution in [0.5, 0.6) is 0 Å². The Labute approximate surface area is 132 Å². The molecule has 0 aromatic rings. The van der Waals surface area contributed by atoms with Gasteiger partial charge in [0.2, 0.25) is 0 Å². The SMILES string of the molecule is CC(C)(C)OC(=O)NC(O)(CCCC(=O)O)C1CCCCC1. The zero-order valence-electron chi connectivity index (χ0n) is 13.9. The molecule has 1 saturated carbocycles. The average molecular weight is 315 g/mol. The van der Waals surface area contributed by atoms with Crippen molar-refractivity contribution in [3.05, 3.63) is 0 Å². The first-order valence-electron chi connectivity index (χ1n) is 8.08. The minimum atomic E-state index is -1.39. The molecule has 0 saturated heterocycles. The molecule has 1 amide bonds. The highest BCUT2D eigenvalue weighted by Crippen LogP contribution is 2.34. The molecule has 6 nitrogen and oxygen atoms in total. The van der Waals surface area contributed by atoms with Crippen LogP contribution in [-0.4, -0.2) is 33.6 Å². The summed E-state index contributed by atoms with van der Waals surface area (Å²) in [7, 11) is 0. The average Bonchev–Trinajstić information content (AvgIpc) is 2.36. The second-order valence-corrected chi connectivity index (χ2v) is 7.13. The van der Waals surface area contributed by atoms with Crippen LogP contribution in [0.15, 0.2) is 0 Å². The maximum atomic E-state index is 12.0. The summed E-state index contributed by atoms with van der Waals surface area (Å²) >= 11 is 0. The lowest BCUT2D eigenvalue weighted by molar-refractivity contribution is -0.137. The van der Waals surface area contributed by atoms with E-state index in [-0.39, 0.29) is 18.8 Å². The van der Waals surface area contributed by atoms with E-state index in [0.717, 1.165) is 32.1 Å². The van der Waals surface area contributed by atoms with E-state index < -0.39 is 23.4 Å². The Bertz CT molecular complexity index is 384. The van der Waals surface area contributed by atoms with Crippen molar-refractivity contribution in [3.8, 4) is 0 Å². The summed E-state index contributed by atoms with van der Waals surface area (Å²) in [6.07, 6.45) is 4.69. The van der Waals surface area contributed by atoms with Crippen molar-refractivity contribution in [2.24, 2.45) is 5.92 Å². The van der Waals surface area contributed by atoms with E-state index in [1.54, 1.807) is 20.8 Å². The molecule has 0 aromatic heterocycles. The molecule has 0 bridgehead atoms. The van der Waals surface area contributed by atoms with E-state index in [4.69, 9.17) is 9.84 Å². The Kier molecular flexibility index (Phi) is 6.66. The third kappa shape index (κ3) is 6.64. The van der Waals surface area contributed by atoms with Gasteiger partial charge in [-0.05, 0) is 46.5 Å². The molecule has 22 heavy (non-hydrogen) atoms. The van der Waals surface area contributed by atoms with Gasteiger partial charge in [-0.2, -0.15) is 0 Å². The van der Waals surface area contributed by atoms with Crippen LogP contribution in [0.4, 0.5) is 4.79 Å². The fraction of sp³-hybridized carbons (Fsp3) is 0.875. The Morgan fingerprint density at radius 3 is 2.27 bits per heavy atom. The monoisotopic (exact) mass is 315 g/mol. The van der Waals surface area contributed by atoms with E-state index >= 15 is 0 Å². The molecule has 0 heterocycles. The van der Waals surface area contributed by atoms with Gasteiger partial charge in [0.25, 0.3) is 0 Å². The van der Waals surface area contributed by atoms with Crippen molar-refractivity contribution < 1.29 is 24.5 Å². The number of hydrogen-bond acceptors (Lipinski definition) is 4. The molecular formula is C16H29NO5. The number of carbonyl (C=O) groups excluding carboxylic acids is 1. The number of nitrogens with one attached hydrogen (secondary N) is 1. The first kappa shape index (κ1) is 18.7.